The number of carbonyl (C=O) groups excluding carboxylic acids is 2. The molecule has 6 nitrogen and oxygen atoms in total. The highest BCUT2D eigenvalue weighted by molar-refractivity contribution is 5.85. The van der Waals surface area contributed by atoms with Gasteiger partial charge in [0.2, 0.25) is 5.91 Å². The molecule has 0 radical (unpaired) electrons. The molecule has 0 saturated carbocycles. The molecule has 0 spiro atoms. The van der Waals surface area contributed by atoms with Crippen molar-refractivity contribution < 1.29 is 14.3 Å². The Kier molecular flexibility index (Phi) is 9.06. The number of para-hydroxylation sites is 1. The fourth-order valence-electron chi connectivity index (χ4n) is 3.23. The molecular weight excluding hydrogens is 366 g/mol. The molecule has 1 aromatic rings. The average Bonchev–Trinajstić information content (AvgIpc) is 2.66. The number of hydrogen-bond donors (Lipinski definition) is 1. The van der Waals surface area contributed by atoms with E-state index >= 15 is 0 Å². The predicted molar refractivity (Wildman–Crippen MR) is 109 cm³/mol. The third-order valence-corrected chi connectivity index (χ3v) is 4.90. The van der Waals surface area contributed by atoms with Gasteiger partial charge in [-0.3, -0.25) is 9.59 Å². The van der Waals surface area contributed by atoms with E-state index in [2.05, 4.69) is 13.8 Å². The molecule has 0 atom stereocenters. The Morgan fingerprint density at radius 2 is 1.81 bits per heavy atom. The molecule has 2 rings (SSSR count). The molecule has 27 heavy (non-hydrogen) atoms. The standard InChI is InChI=1S/C20H31N3O3.ClH/c1-20(2,14-21)15-22(3)19(25)16-9-11-23(12-10-16)18(24)13-26-17-7-5-4-6-8-17;/h4-8,16H,9-15,21H2,1-3H3;1H. The quantitative estimate of drug-likeness (QED) is 0.765. The van der Waals surface area contributed by atoms with E-state index in [1.54, 1.807) is 9.80 Å². The molecule has 1 aliphatic rings. The van der Waals surface area contributed by atoms with Crippen molar-refractivity contribution in [3.05, 3.63) is 30.3 Å². The van der Waals surface area contributed by atoms with Crippen molar-refractivity contribution in [2.75, 3.05) is 39.8 Å². The van der Waals surface area contributed by atoms with Crippen molar-refractivity contribution in [3.63, 3.8) is 0 Å². The van der Waals surface area contributed by atoms with Crippen LogP contribution in [0.1, 0.15) is 26.7 Å². The second-order valence-corrected chi connectivity index (χ2v) is 7.82. The maximum absolute atomic E-state index is 12.6. The first-order valence-electron chi connectivity index (χ1n) is 9.23. The number of carbonyl (C=O) groups is 2. The molecule has 152 valence electrons. The summed E-state index contributed by atoms with van der Waals surface area (Å²) in [6.45, 7) is 6.54. The molecule has 2 N–H and O–H groups in total. The molecule has 1 aliphatic heterocycles. The van der Waals surface area contributed by atoms with E-state index in [1.807, 2.05) is 37.4 Å². The summed E-state index contributed by atoms with van der Waals surface area (Å²) in [6.07, 6.45) is 1.40. The van der Waals surface area contributed by atoms with Gasteiger partial charge < -0.3 is 20.3 Å². The van der Waals surface area contributed by atoms with Gasteiger partial charge in [-0.15, -0.1) is 12.4 Å². The van der Waals surface area contributed by atoms with Gasteiger partial charge in [0.05, 0.1) is 0 Å². The Labute approximate surface area is 168 Å². The van der Waals surface area contributed by atoms with Crippen molar-refractivity contribution in [1.82, 2.24) is 9.80 Å². The molecule has 7 heteroatoms. The number of hydrogen-bond acceptors (Lipinski definition) is 4. The Balaban J connectivity index is 0.00000364. The van der Waals surface area contributed by atoms with Gasteiger partial charge in [-0.1, -0.05) is 32.0 Å². The van der Waals surface area contributed by atoms with E-state index in [0.29, 0.717) is 44.8 Å². The largest absolute Gasteiger partial charge is 0.484 e. The van der Waals surface area contributed by atoms with E-state index in [-0.39, 0.29) is 42.2 Å². The second-order valence-electron chi connectivity index (χ2n) is 7.82. The third kappa shape index (κ3) is 7.03. The maximum Gasteiger partial charge on any atom is 0.260 e. The van der Waals surface area contributed by atoms with Crippen molar-refractivity contribution in [3.8, 4) is 5.75 Å². The van der Waals surface area contributed by atoms with Crippen LogP contribution in [0.3, 0.4) is 0 Å². The fraction of sp³-hybridized carbons (Fsp3) is 0.600. The second kappa shape index (κ2) is 10.5. The lowest BCUT2D eigenvalue weighted by molar-refractivity contribution is -0.141. The van der Waals surface area contributed by atoms with E-state index in [4.69, 9.17) is 10.5 Å². The molecule has 0 aromatic heterocycles. The topological polar surface area (TPSA) is 75.9 Å². The first-order chi connectivity index (χ1) is 12.3. The monoisotopic (exact) mass is 397 g/mol. The third-order valence-electron chi connectivity index (χ3n) is 4.90. The van der Waals surface area contributed by atoms with Crippen molar-refractivity contribution >= 4 is 24.2 Å². The van der Waals surface area contributed by atoms with Crippen molar-refractivity contribution in [2.24, 2.45) is 17.1 Å². The lowest BCUT2D eigenvalue weighted by atomic mass is 9.91. The van der Waals surface area contributed by atoms with Crippen LogP contribution in [0.4, 0.5) is 0 Å². The number of nitrogens with zero attached hydrogens (tertiary/aromatic N) is 2. The highest BCUT2D eigenvalue weighted by Gasteiger charge is 2.31. The number of ether oxygens (including phenoxy) is 1. The van der Waals surface area contributed by atoms with Crippen LogP contribution in [-0.4, -0.2) is 61.4 Å². The number of nitrogens with two attached hydrogens (primary N) is 1. The summed E-state index contributed by atoms with van der Waals surface area (Å²) in [5.41, 5.74) is 5.67. The van der Waals surface area contributed by atoms with Crippen LogP contribution in [0.15, 0.2) is 30.3 Å². The fourth-order valence-corrected chi connectivity index (χ4v) is 3.23. The van der Waals surface area contributed by atoms with Gasteiger partial charge in [-0.25, -0.2) is 0 Å². The summed E-state index contributed by atoms with van der Waals surface area (Å²) < 4.78 is 5.52. The minimum Gasteiger partial charge on any atom is -0.484 e. The summed E-state index contributed by atoms with van der Waals surface area (Å²) in [5.74, 6) is 0.791. The first-order valence-corrected chi connectivity index (χ1v) is 9.23. The predicted octanol–water partition coefficient (Wildman–Crippen LogP) is 2.17. The molecule has 1 aromatic carbocycles. The smallest absolute Gasteiger partial charge is 0.260 e. The van der Waals surface area contributed by atoms with Crippen LogP contribution in [0.5, 0.6) is 5.75 Å². The Hall–Kier alpha value is -1.79. The van der Waals surface area contributed by atoms with Crippen LogP contribution < -0.4 is 10.5 Å². The van der Waals surface area contributed by atoms with Crippen LogP contribution in [0, 0.1) is 11.3 Å². The van der Waals surface area contributed by atoms with Crippen LogP contribution in [0.25, 0.3) is 0 Å². The van der Waals surface area contributed by atoms with Crippen LogP contribution >= 0.6 is 12.4 Å². The summed E-state index contributed by atoms with van der Waals surface area (Å²) in [6, 6.07) is 9.31. The molecule has 1 saturated heterocycles. The zero-order chi connectivity index (χ0) is 19.2. The van der Waals surface area contributed by atoms with E-state index in [9.17, 15) is 9.59 Å². The SMILES string of the molecule is CN(CC(C)(C)CN)C(=O)C1CCN(C(=O)COc2ccccc2)CC1.Cl. The van der Waals surface area contributed by atoms with Gasteiger partial charge >= 0.3 is 0 Å². The first kappa shape index (κ1) is 23.2. The Morgan fingerprint density at radius 1 is 1.22 bits per heavy atom. The summed E-state index contributed by atoms with van der Waals surface area (Å²) >= 11 is 0. The molecular formula is C20H32ClN3O3. The zero-order valence-corrected chi connectivity index (χ0v) is 17.3. The van der Waals surface area contributed by atoms with Crippen LogP contribution in [-0.2, 0) is 9.59 Å². The number of piperidine rings is 1. The molecule has 0 bridgehead atoms. The lowest BCUT2D eigenvalue weighted by Gasteiger charge is -2.35. The zero-order valence-electron chi connectivity index (χ0n) is 16.5. The Morgan fingerprint density at radius 3 is 2.37 bits per heavy atom. The van der Waals surface area contributed by atoms with Gasteiger partial charge in [0, 0.05) is 32.6 Å². The maximum atomic E-state index is 12.6. The van der Waals surface area contributed by atoms with E-state index < -0.39 is 0 Å². The minimum atomic E-state index is -0.0874. The average molecular weight is 398 g/mol. The molecule has 0 unspecified atom stereocenters. The van der Waals surface area contributed by atoms with Gasteiger partial charge in [0.1, 0.15) is 5.75 Å². The number of amides is 2. The number of likely N-dealkylation sites (tertiary alicyclic amines) is 1. The summed E-state index contributed by atoms with van der Waals surface area (Å²) in [4.78, 5) is 28.5. The van der Waals surface area contributed by atoms with Gasteiger partial charge in [-0.05, 0) is 36.9 Å². The normalized spacial score (nSPS) is 15.0. The Bertz CT molecular complexity index is 602. The number of halogens is 1. The van der Waals surface area contributed by atoms with Crippen molar-refractivity contribution in [2.45, 2.75) is 26.7 Å². The van der Waals surface area contributed by atoms with Gasteiger partial charge in [0.25, 0.3) is 5.91 Å². The summed E-state index contributed by atoms with van der Waals surface area (Å²) in [7, 11) is 1.84. The number of rotatable bonds is 7. The van der Waals surface area contributed by atoms with E-state index in [0.717, 1.165) is 0 Å². The molecule has 1 heterocycles. The molecule has 1 fully saturated rings. The summed E-state index contributed by atoms with van der Waals surface area (Å²) in [5, 5.41) is 0. The lowest BCUT2D eigenvalue weighted by Crippen LogP contribution is -2.47. The molecule has 0 aliphatic carbocycles. The molecule has 2 amide bonds. The van der Waals surface area contributed by atoms with E-state index in [1.165, 1.54) is 0 Å². The highest BCUT2D eigenvalue weighted by Crippen LogP contribution is 2.22. The minimum absolute atomic E-state index is 0. The number of benzene rings is 1. The van der Waals surface area contributed by atoms with Crippen molar-refractivity contribution in [1.29, 1.82) is 0 Å². The highest BCUT2D eigenvalue weighted by atomic mass is 35.5. The van der Waals surface area contributed by atoms with Crippen LogP contribution in [0.2, 0.25) is 0 Å². The van der Waals surface area contributed by atoms with Gasteiger partial charge in [0.15, 0.2) is 6.61 Å². The van der Waals surface area contributed by atoms with Gasteiger partial charge in [-0.2, -0.15) is 0 Å².